The van der Waals surface area contributed by atoms with Crippen molar-refractivity contribution in [2.75, 3.05) is 17.2 Å². The van der Waals surface area contributed by atoms with Crippen LogP contribution in [0.1, 0.15) is 33.3 Å². The summed E-state index contributed by atoms with van der Waals surface area (Å²) in [5, 5.41) is 15.3. The van der Waals surface area contributed by atoms with E-state index >= 15 is 0 Å². The second-order valence-corrected chi connectivity index (χ2v) is 6.15. The molecule has 1 aromatic heterocycles. The second kappa shape index (κ2) is 8.83. The molecular formula is C21H20N4O4. The molecule has 3 N–H and O–H groups in total. The maximum Gasteiger partial charge on any atom is 0.338 e. The zero-order chi connectivity index (χ0) is 20.8. The molecule has 0 radical (unpaired) electrons. The molecule has 29 heavy (non-hydrogen) atoms. The summed E-state index contributed by atoms with van der Waals surface area (Å²) in [7, 11) is 0. The van der Waals surface area contributed by atoms with Gasteiger partial charge in [-0.1, -0.05) is 6.07 Å². The van der Waals surface area contributed by atoms with Crippen LogP contribution in [0.5, 0.6) is 0 Å². The number of aromatic nitrogens is 2. The Morgan fingerprint density at radius 1 is 0.966 bits per heavy atom. The third-order valence-corrected chi connectivity index (χ3v) is 3.89. The zero-order valence-electron chi connectivity index (χ0n) is 16.0. The number of benzene rings is 2. The monoisotopic (exact) mass is 392 g/mol. The number of carbonyl (C=O) groups is 2. The molecule has 0 fully saturated rings. The van der Waals surface area contributed by atoms with Gasteiger partial charge in [-0.2, -0.15) is 4.98 Å². The lowest BCUT2D eigenvalue weighted by Gasteiger charge is -2.11. The number of carboxylic acid groups (broad SMARTS) is 1. The molecule has 0 saturated carbocycles. The summed E-state index contributed by atoms with van der Waals surface area (Å²) in [5.41, 5.74) is 2.68. The van der Waals surface area contributed by atoms with Crippen LogP contribution in [0.3, 0.4) is 0 Å². The Bertz CT molecular complexity index is 1040. The predicted octanol–water partition coefficient (Wildman–Crippen LogP) is 4.15. The molecule has 0 saturated heterocycles. The number of hydrogen-bond acceptors (Lipinski definition) is 7. The first-order valence-corrected chi connectivity index (χ1v) is 8.95. The SMILES string of the molecule is CCOC(=O)c1ccc(Nc2nc(C)cc(Nc3cccc(C(=O)O)c3)n2)cc1. The lowest BCUT2D eigenvalue weighted by Crippen LogP contribution is -2.05. The number of aromatic carboxylic acids is 1. The van der Waals surface area contributed by atoms with Gasteiger partial charge >= 0.3 is 11.9 Å². The molecule has 0 spiro atoms. The summed E-state index contributed by atoms with van der Waals surface area (Å²) in [6.45, 7) is 3.91. The summed E-state index contributed by atoms with van der Waals surface area (Å²) in [5.74, 6) is -0.487. The number of nitrogens with one attached hydrogen (secondary N) is 2. The lowest BCUT2D eigenvalue weighted by atomic mass is 10.2. The molecule has 3 rings (SSSR count). The van der Waals surface area contributed by atoms with Crippen LogP contribution in [0.25, 0.3) is 0 Å². The smallest absolute Gasteiger partial charge is 0.338 e. The van der Waals surface area contributed by atoms with Crippen LogP contribution in [0.15, 0.2) is 54.6 Å². The molecule has 0 unspecified atom stereocenters. The highest BCUT2D eigenvalue weighted by molar-refractivity contribution is 5.90. The van der Waals surface area contributed by atoms with Crippen molar-refractivity contribution in [3.05, 3.63) is 71.4 Å². The average molecular weight is 392 g/mol. The quantitative estimate of drug-likeness (QED) is 0.514. The van der Waals surface area contributed by atoms with Crippen molar-refractivity contribution in [3.8, 4) is 0 Å². The first-order valence-electron chi connectivity index (χ1n) is 8.95. The van der Waals surface area contributed by atoms with Gasteiger partial charge in [-0.25, -0.2) is 14.6 Å². The Labute approximate surface area is 167 Å². The summed E-state index contributed by atoms with van der Waals surface area (Å²) in [4.78, 5) is 31.6. The minimum Gasteiger partial charge on any atom is -0.478 e. The molecule has 2 aromatic carbocycles. The number of carbonyl (C=O) groups excluding carboxylic acids is 1. The summed E-state index contributed by atoms with van der Waals surface area (Å²) in [6, 6.07) is 15.0. The van der Waals surface area contributed by atoms with E-state index < -0.39 is 5.97 Å². The Morgan fingerprint density at radius 2 is 1.72 bits per heavy atom. The van der Waals surface area contributed by atoms with Gasteiger partial charge < -0.3 is 20.5 Å². The van der Waals surface area contributed by atoms with Crippen LogP contribution in [0.4, 0.5) is 23.1 Å². The highest BCUT2D eigenvalue weighted by Crippen LogP contribution is 2.20. The van der Waals surface area contributed by atoms with Gasteiger partial charge in [-0.3, -0.25) is 0 Å². The third kappa shape index (κ3) is 5.29. The molecule has 0 bridgehead atoms. The fourth-order valence-electron chi connectivity index (χ4n) is 2.60. The molecular weight excluding hydrogens is 372 g/mol. The third-order valence-electron chi connectivity index (χ3n) is 3.89. The van der Waals surface area contributed by atoms with E-state index in [1.807, 2.05) is 6.92 Å². The van der Waals surface area contributed by atoms with E-state index in [0.29, 0.717) is 35.3 Å². The van der Waals surface area contributed by atoms with Crippen LogP contribution in [-0.2, 0) is 4.74 Å². The molecule has 3 aromatic rings. The van der Waals surface area contributed by atoms with Gasteiger partial charge in [0.2, 0.25) is 5.95 Å². The van der Waals surface area contributed by atoms with Gasteiger partial charge in [0.1, 0.15) is 5.82 Å². The van der Waals surface area contributed by atoms with Gasteiger partial charge in [0.15, 0.2) is 0 Å². The Hall–Kier alpha value is -3.94. The molecule has 0 aliphatic heterocycles. The Balaban J connectivity index is 1.76. The average Bonchev–Trinajstić information content (AvgIpc) is 2.68. The number of ether oxygens (including phenoxy) is 1. The standard InChI is InChI=1S/C21H20N4O4/c1-3-29-20(28)14-7-9-16(10-8-14)24-21-22-13(2)11-18(25-21)23-17-6-4-5-15(12-17)19(26)27/h4-12H,3H2,1-2H3,(H,26,27)(H2,22,23,24,25). The maximum absolute atomic E-state index is 11.7. The largest absolute Gasteiger partial charge is 0.478 e. The van der Waals surface area contributed by atoms with Gasteiger partial charge in [-0.15, -0.1) is 0 Å². The molecule has 0 amide bonds. The van der Waals surface area contributed by atoms with Crippen LogP contribution in [-0.4, -0.2) is 33.6 Å². The highest BCUT2D eigenvalue weighted by Gasteiger charge is 2.08. The molecule has 8 nitrogen and oxygen atoms in total. The molecule has 148 valence electrons. The fraction of sp³-hybridized carbons (Fsp3) is 0.143. The zero-order valence-corrected chi connectivity index (χ0v) is 16.0. The van der Waals surface area contributed by atoms with E-state index in [9.17, 15) is 9.59 Å². The number of esters is 1. The van der Waals surface area contributed by atoms with Crippen molar-refractivity contribution in [3.63, 3.8) is 0 Å². The van der Waals surface area contributed by atoms with Gasteiger partial charge in [0.05, 0.1) is 17.7 Å². The van der Waals surface area contributed by atoms with E-state index in [2.05, 4.69) is 20.6 Å². The van der Waals surface area contributed by atoms with E-state index in [-0.39, 0.29) is 11.5 Å². The minimum absolute atomic E-state index is 0.181. The van der Waals surface area contributed by atoms with Gasteiger partial charge in [0.25, 0.3) is 0 Å². The second-order valence-electron chi connectivity index (χ2n) is 6.15. The molecule has 8 heteroatoms. The van der Waals surface area contributed by atoms with E-state index in [0.717, 1.165) is 5.69 Å². The normalized spacial score (nSPS) is 10.3. The summed E-state index contributed by atoms with van der Waals surface area (Å²) >= 11 is 0. The van der Waals surface area contributed by atoms with Crippen LogP contribution < -0.4 is 10.6 Å². The number of rotatable bonds is 7. The topological polar surface area (TPSA) is 113 Å². The van der Waals surface area contributed by atoms with Crippen molar-refractivity contribution in [2.24, 2.45) is 0 Å². The number of nitrogens with zero attached hydrogens (tertiary/aromatic N) is 2. The Kier molecular flexibility index (Phi) is 6.03. The molecule has 1 heterocycles. The number of carboxylic acids is 1. The van der Waals surface area contributed by atoms with Crippen LogP contribution in [0, 0.1) is 6.92 Å². The van der Waals surface area contributed by atoms with Gasteiger partial charge in [-0.05, 0) is 56.3 Å². The van der Waals surface area contributed by atoms with Crippen molar-refractivity contribution in [1.82, 2.24) is 9.97 Å². The number of hydrogen-bond donors (Lipinski definition) is 3. The molecule has 0 atom stereocenters. The van der Waals surface area contributed by atoms with Crippen molar-refractivity contribution in [1.29, 1.82) is 0 Å². The van der Waals surface area contributed by atoms with Crippen LogP contribution in [0.2, 0.25) is 0 Å². The fourth-order valence-corrected chi connectivity index (χ4v) is 2.60. The molecule has 0 aliphatic carbocycles. The number of anilines is 4. The minimum atomic E-state index is -0.999. The van der Waals surface area contributed by atoms with Crippen molar-refractivity contribution >= 4 is 35.1 Å². The van der Waals surface area contributed by atoms with Crippen LogP contribution >= 0.6 is 0 Å². The maximum atomic E-state index is 11.7. The van der Waals surface area contributed by atoms with Crippen molar-refractivity contribution in [2.45, 2.75) is 13.8 Å². The highest BCUT2D eigenvalue weighted by atomic mass is 16.5. The predicted molar refractivity (Wildman–Crippen MR) is 109 cm³/mol. The summed E-state index contributed by atoms with van der Waals surface area (Å²) < 4.78 is 4.97. The summed E-state index contributed by atoms with van der Waals surface area (Å²) in [6.07, 6.45) is 0. The first-order chi connectivity index (χ1) is 13.9. The van der Waals surface area contributed by atoms with Crippen molar-refractivity contribution < 1.29 is 19.4 Å². The first kappa shape index (κ1) is 19.8. The van der Waals surface area contributed by atoms with E-state index in [1.165, 1.54) is 12.1 Å². The van der Waals surface area contributed by atoms with E-state index in [4.69, 9.17) is 9.84 Å². The molecule has 0 aliphatic rings. The lowest BCUT2D eigenvalue weighted by molar-refractivity contribution is 0.0526. The Morgan fingerprint density at radius 3 is 2.41 bits per heavy atom. The van der Waals surface area contributed by atoms with E-state index in [1.54, 1.807) is 49.4 Å². The number of aryl methyl sites for hydroxylation is 1. The van der Waals surface area contributed by atoms with Gasteiger partial charge in [0, 0.05) is 23.1 Å².